The van der Waals surface area contributed by atoms with Gasteiger partial charge in [0.1, 0.15) is 11.3 Å². The van der Waals surface area contributed by atoms with Crippen molar-refractivity contribution in [3.05, 3.63) is 22.5 Å². The fourth-order valence-corrected chi connectivity index (χ4v) is 1.26. The number of phenols is 1. The number of hydrogen-bond donors (Lipinski definition) is 1. The molecule has 0 aliphatic heterocycles. The topological polar surface area (TPSA) is 46.5 Å². The van der Waals surface area contributed by atoms with Gasteiger partial charge in [-0.15, -0.1) is 0 Å². The highest BCUT2D eigenvalue weighted by molar-refractivity contribution is 6.32. The van der Waals surface area contributed by atoms with E-state index in [-0.39, 0.29) is 10.8 Å². The molecular weight excluding hydrogens is 211 g/mol. The third-order valence-corrected chi connectivity index (χ3v) is 2.02. The molecule has 0 aliphatic carbocycles. The summed E-state index contributed by atoms with van der Waals surface area (Å²) in [5, 5.41) is 9.20. The number of phenolic OH excluding ortho intramolecular Hbond substituents is 1. The monoisotopic (exact) mass is 218 g/mol. The molecule has 0 radical (unpaired) electrons. The second-order valence-corrected chi connectivity index (χ2v) is 3.06. The van der Waals surface area contributed by atoms with Crippen LogP contribution in [0.1, 0.15) is 17.3 Å². The number of hydrogen-bond acceptors (Lipinski definition) is 3. The van der Waals surface area contributed by atoms with Gasteiger partial charge in [0, 0.05) is 6.07 Å². The van der Waals surface area contributed by atoms with E-state index in [1.54, 1.807) is 0 Å². The van der Waals surface area contributed by atoms with Gasteiger partial charge in [-0.05, 0) is 6.92 Å². The number of rotatable bonds is 2. The molecule has 0 bridgehead atoms. The Morgan fingerprint density at radius 2 is 2.21 bits per heavy atom. The lowest BCUT2D eigenvalue weighted by molar-refractivity contribution is 0.101. The second-order valence-electron chi connectivity index (χ2n) is 2.65. The van der Waals surface area contributed by atoms with Gasteiger partial charge in [0.2, 0.25) is 0 Å². The number of carbonyl (C=O) groups excluding carboxylic acids is 1. The molecule has 0 saturated carbocycles. The third kappa shape index (κ3) is 1.65. The Bertz CT molecular complexity index is 390. The molecule has 1 rings (SSSR count). The van der Waals surface area contributed by atoms with Gasteiger partial charge in [-0.3, -0.25) is 4.79 Å². The van der Waals surface area contributed by atoms with Crippen molar-refractivity contribution in [2.75, 3.05) is 7.11 Å². The first-order chi connectivity index (χ1) is 6.49. The molecule has 14 heavy (non-hydrogen) atoms. The molecule has 5 heteroatoms. The largest absolute Gasteiger partial charge is 0.506 e. The molecule has 0 unspecified atom stereocenters. The number of methoxy groups -OCH3 is 1. The van der Waals surface area contributed by atoms with Crippen molar-refractivity contribution in [1.82, 2.24) is 0 Å². The Morgan fingerprint density at radius 1 is 1.64 bits per heavy atom. The zero-order valence-corrected chi connectivity index (χ0v) is 8.35. The fourth-order valence-electron chi connectivity index (χ4n) is 1.06. The predicted molar refractivity (Wildman–Crippen MR) is 49.6 cm³/mol. The Labute approximate surface area is 85.1 Å². The highest BCUT2D eigenvalue weighted by atomic mass is 35.5. The summed E-state index contributed by atoms with van der Waals surface area (Å²) in [5.74, 6) is -2.24. The molecule has 0 saturated heterocycles. The zero-order valence-electron chi connectivity index (χ0n) is 7.60. The summed E-state index contributed by atoms with van der Waals surface area (Å²) >= 11 is 5.56. The normalized spacial score (nSPS) is 10.0. The van der Waals surface area contributed by atoms with Gasteiger partial charge in [-0.25, -0.2) is 4.39 Å². The van der Waals surface area contributed by atoms with E-state index in [1.807, 2.05) is 0 Å². The van der Waals surface area contributed by atoms with Crippen LogP contribution in [0.15, 0.2) is 6.07 Å². The van der Waals surface area contributed by atoms with E-state index in [2.05, 4.69) is 4.74 Å². The summed E-state index contributed by atoms with van der Waals surface area (Å²) in [7, 11) is 1.25. The van der Waals surface area contributed by atoms with Gasteiger partial charge in [0.25, 0.3) is 0 Å². The number of halogens is 2. The van der Waals surface area contributed by atoms with Gasteiger partial charge in [0.05, 0.1) is 12.1 Å². The van der Waals surface area contributed by atoms with E-state index in [1.165, 1.54) is 7.11 Å². The summed E-state index contributed by atoms with van der Waals surface area (Å²) < 4.78 is 18.0. The molecule has 76 valence electrons. The van der Waals surface area contributed by atoms with Gasteiger partial charge in [-0.1, -0.05) is 11.6 Å². The maximum Gasteiger partial charge on any atom is 0.179 e. The lowest BCUT2D eigenvalue weighted by Gasteiger charge is -2.08. The number of ketones is 1. The lowest BCUT2D eigenvalue weighted by Crippen LogP contribution is -2.01. The molecule has 3 nitrogen and oxygen atoms in total. The summed E-state index contributed by atoms with van der Waals surface area (Å²) in [6, 6.07) is 1.11. The number of aromatic hydroxyl groups is 1. The van der Waals surface area contributed by atoms with Crippen LogP contribution < -0.4 is 4.74 Å². The molecule has 1 aromatic rings. The summed E-state index contributed by atoms with van der Waals surface area (Å²) in [6.45, 7) is 1.13. The summed E-state index contributed by atoms with van der Waals surface area (Å²) in [6.07, 6.45) is 0. The molecule has 1 aromatic carbocycles. The van der Waals surface area contributed by atoms with E-state index in [0.29, 0.717) is 0 Å². The molecule has 0 amide bonds. The van der Waals surface area contributed by atoms with Gasteiger partial charge >= 0.3 is 0 Å². The van der Waals surface area contributed by atoms with Crippen LogP contribution >= 0.6 is 11.6 Å². The quantitative estimate of drug-likeness (QED) is 0.776. The summed E-state index contributed by atoms with van der Waals surface area (Å²) in [5.41, 5.74) is -0.450. The second kappa shape index (κ2) is 3.84. The van der Waals surface area contributed by atoms with Crippen LogP contribution in [0.25, 0.3) is 0 Å². The van der Waals surface area contributed by atoms with Crippen molar-refractivity contribution in [3.8, 4) is 11.5 Å². The predicted octanol–water partition coefficient (Wildman–Crippen LogP) is 2.40. The van der Waals surface area contributed by atoms with Crippen LogP contribution in [-0.2, 0) is 0 Å². The van der Waals surface area contributed by atoms with E-state index in [9.17, 15) is 14.3 Å². The third-order valence-electron chi connectivity index (χ3n) is 1.73. The van der Waals surface area contributed by atoms with Gasteiger partial charge in [0.15, 0.2) is 17.3 Å². The van der Waals surface area contributed by atoms with Crippen molar-refractivity contribution < 1.29 is 19.0 Å². The van der Waals surface area contributed by atoms with Gasteiger partial charge < -0.3 is 9.84 Å². The Morgan fingerprint density at radius 3 is 2.64 bits per heavy atom. The Kier molecular flexibility index (Phi) is 2.96. The SMILES string of the molecule is COc1cc(Cl)c(O)c(C(C)=O)c1F. The smallest absolute Gasteiger partial charge is 0.179 e. The highest BCUT2D eigenvalue weighted by Gasteiger charge is 2.20. The summed E-state index contributed by atoms with van der Waals surface area (Å²) in [4.78, 5) is 11.0. The van der Waals surface area contributed by atoms with Crippen LogP contribution in [0.4, 0.5) is 4.39 Å². The average molecular weight is 219 g/mol. The van der Waals surface area contributed by atoms with Crippen molar-refractivity contribution in [3.63, 3.8) is 0 Å². The van der Waals surface area contributed by atoms with E-state index >= 15 is 0 Å². The standard InChI is InChI=1S/C9H8ClFO3/c1-4(12)7-8(11)6(14-2)3-5(10)9(7)13/h3,13H,1-2H3. The molecule has 0 fully saturated rings. The Balaban J connectivity index is 3.53. The van der Waals surface area contributed by atoms with Crippen LogP contribution in [0, 0.1) is 5.82 Å². The molecule has 0 spiro atoms. The number of carbonyl (C=O) groups is 1. The minimum absolute atomic E-state index is 0.117. The zero-order chi connectivity index (χ0) is 10.9. The maximum atomic E-state index is 13.4. The molecule has 0 aliphatic rings. The number of ether oxygens (including phenoxy) is 1. The van der Waals surface area contributed by atoms with Crippen LogP contribution in [0.3, 0.4) is 0 Å². The van der Waals surface area contributed by atoms with E-state index in [0.717, 1.165) is 13.0 Å². The first kappa shape index (κ1) is 10.8. The molecule has 0 heterocycles. The first-order valence-electron chi connectivity index (χ1n) is 3.75. The van der Waals surface area contributed by atoms with E-state index < -0.39 is 22.9 Å². The van der Waals surface area contributed by atoms with Gasteiger partial charge in [-0.2, -0.15) is 0 Å². The average Bonchev–Trinajstić information content (AvgIpc) is 2.11. The highest BCUT2D eigenvalue weighted by Crippen LogP contribution is 2.35. The maximum absolute atomic E-state index is 13.4. The number of benzene rings is 1. The first-order valence-corrected chi connectivity index (χ1v) is 4.12. The molecule has 1 N–H and O–H groups in total. The van der Waals surface area contributed by atoms with Crippen molar-refractivity contribution >= 4 is 17.4 Å². The molecule has 0 atom stereocenters. The van der Waals surface area contributed by atoms with Crippen molar-refractivity contribution in [1.29, 1.82) is 0 Å². The van der Waals surface area contributed by atoms with E-state index in [4.69, 9.17) is 11.6 Å². The minimum Gasteiger partial charge on any atom is -0.506 e. The van der Waals surface area contributed by atoms with Crippen molar-refractivity contribution in [2.24, 2.45) is 0 Å². The fraction of sp³-hybridized carbons (Fsp3) is 0.222. The van der Waals surface area contributed by atoms with Crippen molar-refractivity contribution in [2.45, 2.75) is 6.92 Å². The lowest BCUT2D eigenvalue weighted by atomic mass is 10.1. The molecule has 0 aromatic heterocycles. The van der Waals surface area contributed by atoms with Crippen LogP contribution in [0.5, 0.6) is 11.5 Å². The van der Waals surface area contributed by atoms with Crippen LogP contribution in [0.2, 0.25) is 5.02 Å². The Hall–Kier alpha value is -1.29. The minimum atomic E-state index is -0.901. The number of Topliss-reactive ketones (excluding diaryl/α,β-unsaturated/α-hetero) is 1. The van der Waals surface area contributed by atoms with Crippen LogP contribution in [-0.4, -0.2) is 18.0 Å². The molecular formula is C9H8ClFO3.